The summed E-state index contributed by atoms with van der Waals surface area (Å²) in [5.74, 6) is 4.36. The van der Waals surface area contributed by atoms with Crippen molar-refractivity contribution >= 4 is 17.6 Å². The molecule has 8 nitrogen and oxygen atoms in total. The smallest absolute Gasteiger partial charge is 0.338 e. The molecule has 0 saturated heterocycles. The Balaban J connectivity index is 2.20. The molecule has 2 rings (SSSR count). The van der Waals surface area contributed by atoms with Crippen LogP contribution in [0.15, 0.2) is 30.7 Å². The number of nitrogens with one attached hydrogen (secondary N) is 4. The van der Waals surface area contributed by atoms with Gasteiger partial charge in [-0.1, -0.05) is 6.07 Å². The van der Waals surface area contributed by atoms with Crippen LogP contribution in [0.1, 0.15) is 21.0 Å². The molecule has 0 saturated carbocycles. The Morgan fingerprint density at radius 3 is 2.83 bits per heavy atom. The zero-order valence-corrected chi connectivity index (χ0v) is 9.23. The summed E-state index contributed by atoms with van der Waals surface area (Å²) in [7, 11) is 0. The van der Waals surface area contributed by atoms with Crippen molar-refractivity contribution in [2.75, 3.05) is 5.32 Å². The lowest BCUT2D eigenvalue weighted by Crippen LogP contribution is -2.32. The van der Waals surface area contributed by atoms with Crippen molar-refractivity contribution in [3.05, 3.63) is 42.1 Å². The molecular formula is C10H11N6O2+. The van der Waals surface area contributed by atoms with Gasteiger partial charge in [0.05, 0.1) is 12.5 Å². The number of amides is 2. The topological polar surface area (TPSA) is 127 Å². The van der Waals surface area contributed by atoms with Gasteiger partial charge < -0.3 is 4.98 Å². The van der Waals surface area contributed by atoms with Gasteiger partial charge in [-0.3, -0.25) is 10.2 Å². The molecular weight excluding hydrogens is 236 g/mol. The molecule has 2 aromatic rings. The summed E-state index contributed by atoms with van der Waals surface area (Å²) in [5, 5.41) is 2.58. The number of carbonyl (C=O) groups excluding carboxylic acids is 2. The second-order valence-corrected chi connectivity index (χ2v) is 3.33. The quantitative estimate of drug-likeness (QED) is 0.317. The maximum absolute atomic E-state index is 11.9. The first-order valence-corrected chi connectivity index (χ1v) is 5.04. The fourth-order valence-corrected chi connectivity index (χ4v) is 1.36. The van der Waals surface area contributed by atoms with Gasteiger partial charge in [0.2, 0.25) is 0 Å². The lowest BCUT2D eigenvalue weighted by molar-refractivity contribution is -0.360. The highest BCUT2D eigenvalue weighted by molar-refractivity contribution is 6.09. The number of H-pyrrole nitrogens is 2. The average Bonchev–Trinajstić information content (AvgIpc) is 2.88. The SMILES string of the molecule is NNC(=O)c1nc[nH]c1C(=O)Nc1cccc[nH+]1. The highest BCUT2D eigenvalue weighted by atomic mass is 16.2. The highest BCUT2D eigenvalue weighted by Gasteiger charge is 2.23. The van der Waals surface area contributed by atoms with Gasteiger partial charge in [-0.05, 0) is 6.07 Å². The Hall–Kier alpha value is -2.74. The Morgan fingerprint density at radius 2 is 2.17 bits per heavy atom. The van der Waals surface area contributed by atoms with Crippen molar-refractivity contribution in [2.24, 2.45) is 5.84 Å². The number of hydrazine groups is 1. The van der Waals surface area contributed by atoms with Gasteiger partial charge in [0.1, 0.15) is 0 Å². The maximum atomic E-state index is 11.9. The minimum Gasteiger partial charge on any atom is -0.338 e. The molecule has 0 atom stereocenters. The van der Waals surface area contributed by atoms with Crippen LogP contribution < -0.4 is 21.6 Å². The minimum atomic E-state index is -0.640. The normalized spacial score (nSPS) is 9.83. The fourth-order valence-electron chi connectivity index (χ4n) is 1.36. The molecule has 6 N–H and O–H groups in total. The molecule has 18 heavy (non-hydrogen) atoms. The molecule has 0 spiro atoms. The molecule has 0 aliphatic heterocycles. The molecule has 0 bridgehead atoms. The van der Waals surface area contributed by atoms with Crippen molar-refractivity contribution < 1.29 is 14.6 Å². The van der Waals surface area contributed by atoms with Gasteiger partial charge in [0, 0.05) is 6.07 Å². The van der Waals surface area contributed by atoms with E-state index in [1.807, 2.05) is 5.43 Å². The van der Waals surface area contributed by atoms with Gasteiger partial charge in [-0.25, -0.2) is 25.9 Å². The van der Waals surface area contributed by atoms with E-state index in [0.29, 0.717) is 5.82 Å². The van der Waals surface area contributed by atoms with Crippen molar-refractivity contribution in [1.82, 2.24) is 15.4 Å². The van der Waals surface area contributed by atoms with Crippen LogP contribution in [0.25, 0.3) is 0 Å². The van der Waals surface area contributed by atoms with Crippen LogP contribution in [-0.2, 0) is 0 Å². The number of nitrogens with zero attached hydrogens (tertiary/aromatic N) is 1. The molecule has 0 radical (unpaired) electrons. The van der Waals surface area contributed by atoms with E-state index < -0.39 is 11.8 Å². The number of aromatic amines is 2. The lowest BCUT2D eigenvalue weighted by atomic mass is 10.3. The predicted molar refractivity (Wildman–Crippen MR) is 61.2 cm³/mol. The van der Waals surface area contributed by atoms with Crippen molar-refractivity contribution in [1.29, 1.82) is 0 Å². The third-order valence-corrected chi connectivity index (χ3v) is 2.17. The number of rotatable bonds is 3. The predicted octanol–water partition coefficient (Wildman–Crippen LogP) is -0.920. The van der Waals surface area contributed by atoms with Crippen LogP contribution in [0.4, 0.5) is 5.82 Å². The molecule has 2 amide bonds. The molecule has 0 aliphatic rings. The molecule has 0 unspecified atom stereocenters. The second kappa shape index (κ2) is 5.06. The summed E-state index contributed by atoms with van der Waals surface area (Å²) >= 11 is 0. The van der Waals surface area contributed by atoms with E-state index in [9.17, 15) is 9.59 Å². The first kappa shape index (κ1) is 11.7. The minimum absolute atomic E-state index is 0.0372. The van der Waals surface area contributed by atoms with Crippen LogP contribution in [-0.4, -0.2) is 21.8 Å². The van der Waals surface area contributed by atoms with Gasteiger partial charge in [0.25, 0.3) is 11.7 Å². The van der Waals surface area contributed by atoms with E-state index in [4.69, 9.17) is 5.84 Å². The number of anilines is 1. The zero-order chi connectivity index (χ0) is 13.0. The second-order valence-electron chi connectivity index (χ2n) is 3.33. The largest absolute Gasteiger partial charge is 0.357 e. The molecule has 0 aromatic carbocycles. The van der Waals surface area contributed by atoms with Gasteiger partial charge in [-0.15, -0.1) is 0 Å². The number of hydrogen-bond donors (Lipinski definition) is 4. The number of aromatic nitrogens is 3. The summed E-state index contributed by atoms with van der Waals surface area (Å²) in [4.78, 5) is 32.4. The fraction of sp³-hybridized carbons (Fsp3) is 0. The van der Waals surface area contributed by atoms with Crippen LogP contribution in [0.5, 0.6) is 0 Å². The summed E-state index contributed by atoms with van der Waals surface area (Å²) < 4.78 is 0. The Bertz CT molecular complexity index is 565. The van der Waals surface area contributed by atoms with Gasteiger partial charge in [-0.2, -0.15) is 0 Å². The Morgan fingerprint density at radius 1 is 1.33 bits per heavy atom. The van der Waals surface area contributed by atoms with Crippen molar-refractivity contribution in [3.63, 3.8) is 0 Å². The van der Waals surface area contributed by atoms with Gasteiger partial charge >= 0.3 is 5.91 Å². The first-order valence-electron chi connectivity index (χ1n) is 5.04. The van der Waals surface area contributed by atoms with Crippen LogP contribution in [0.2, 0.25) is 0 Å². The number of hydrogen-bond acceptors (Lipinski definition) is 4. The molecule has 0 fully saturated rings. The summed E-state index contributed by atoms with van der Waals surface area (Å²) in [6, 6.07) is 5.21. The summed E-state index contributed by atoms with van der Waals surface area (Å²) in [5.41, 5.74) is 1.89. The van der Waals surface area contributed by atoms with Crippen LogP contribution >= 0.6 is 0 Å². The number of nitrogen functional groups attached to an aromatic ring is 1. The van der Waals surface area contributed by atoms with E-state index in [1.165, 1.54) is 6.33 Å². The zero-order valence-electron chi connectivity index (χ0n) is 9.23. The van der Waals surface area contributed by atoms with E-state index in [2.05, 4.69) is 20.3 Å². The number of pyridine rings is 1. The average molecular weight is 247 g/mol. The first-order chi connectivity index (χ1) is 8.72. The number of nitrogens with two attached hydrogens (primary N) is 1. The standard InChI is InChI=1S/C10H10N6O2/c11-16-10(18)8-7(13-5-14-8)9(17)15-6-3-1-2-4-12-6/h1-5H,11H2,(H,13,14)(H,16,18)(H,12,15,17)/p+1. The number of imidazole rings is 1. The highest BCUT2D eigenvalue weighted by Crippen LogP contribution is 2.05. The third-order valence-electron chi connectivity index (χ3n) is 2.17. The summed E-state index contributed by atoms with van der Waals surface area (Å²) in [6.45, 7) is 0. The van der Waals surface area contributed by atoms with E-state index in [1.54, 1.807) is 24.4 Å². The molecule has 2 aromatic heterocycles. The van der Waals surface area contributed by atoms with Crippen molar-refractivity contribution in [2.45, 2.75) is 0 Å². The van der Waals surface area contributed by atoms with E-state index >= 15 is 0 Å². The van der Waals surface area contributed by atoms with Crippen LogP contribution in [0.3, 0.4) is 0 Å². The van der Waals surface area contributed by atoms with Crippen LogP contribution in [0, 0.1) is 0 Å². The maximum Gasteiger partial charge on any atom is 0.357 e. The molecule has 8 heteroatoms. The molecule has 92 valence electrons. The summed E-state index contributed by atoms with van der Waals surface area (Å²) in [6.07, 6.45) is 2.91. The monoisotopic (exact) mass is 247 g/mol. The Labute approximate surface area is 102 Å². The van der Waals surface area contributed by atoms with E-state index in [-0.39, 0.29) is 11.4 Å². The van der Waals surface area contributed by atoms with Gasteiger partial charge in [0.15, 0.2) is 11.4 Å². The Kier molecular flexibility index (Phi) is 3.30. The lowest BCUT2D eigenvalue weighted by Gasteiger charge is -1.98. The number of carbonyl (C=O) groups is 2. The van der Waals surface area contributed by atoms with E-state index in [0.717, 1.165) is 0 Å². The molecule has 0 aliphatic carbocycles. The third kappa shape index (κ3) is 2.33. The van der Waals surface area contributed by atoms with Crippen molar-refractivity contribution in [3.8, 4) is 0 Å². The molecule has 2 heterocycles.